The highest BCUT2D eigenvalue weighted by molar-refractivity contribution is 7.80. The van der Waals surface area contributed by atoms with Gasteiger partial charge in [0, 0.05) is 11.3 Å². The molecule has 1 amide bonds. The van der Waals surface area contributed by atoms with Crippen molar-refractivity contribution in [2.45, 2.75) is 19.4 Å². The molecule has 0 radical (unpaired) electrons. The van der Waals surface area contributed by atoms with Crippen molar-refractivity contribution < 1.29 is 19.5 Å². The molecule has 0 heterocycles. The fourth-order valence-corrected chi connectivity index (χ4v) is 1.81. The lowest BCUT2D eigenvalue weighted by Crippen LogP contribution is -2.42. The Morgan fingerprint density at radius 2 is 1.95 bits per heavy atom. The smallest absolute Gasteiger partial charge is 0.327 e. The van der Waals surface area contributed by atoms with Gasteiger partial charge in [0.05, 0.1) is 6.42 Å². The van der Waals surface area contributed by atoms with E-state index in [1.165, 1.54) is 0 Å². The van der Waals surface area contributed by atoms with Crippen molar-refractivity contribution in [1.29, 1.82) is 0 Å². The Bertz CT molecular complexity index is 501. The van der Waals surface area contributed by atoms with E-state index < -0.39 is 17.9 Å². The Balaban J connectivity index is 2.65. The SMILES string of the molecule is Cc1ccccc1C(=O)CC(=O)NC(CS)C(=O)O. The van der Waals surface area contributed by atoms with E-state index in [0.29, 0.717) is 5.56 Å². The van der Waals surface area contributed by atoms with Crippen LogP contribution >= 0.6 is 12.6 Å². The molecular weight excluding hydrogens is 266 g/mol. The Morgan fingerprint density at radius 3 is 2.47 bits per heavy atom. The summed E-state index contributed by atoms with van der Waals surface area (Å²) in [6.07, 6.45) is -0.373. The zero-order chi connectivity index (χ0) is 14.4. The van der Waals surface area contributed by atoms with Crippen molar-refractivity contribution in [2.24, 2.45) is 0 Å². The van der Waals surface area contributed by atoms with Crippen LogP contribution in [0.2, 0.25) is 0 Å². The summed E-state index contributed by atoms with van der Waals surface area (Å²) in [5, 5.41) is 11.0. The number of thiol groups is 1. The predicted octanol–water partition coefficient (Wildman–Crippen LogP) is 1.07. The standard InChI is InChI=1S/C13H15NO4S/c1-8-4-2-3-5-9(8)11(15)6-12(16)14-10(7-19)13(17)18/h2-5,10,19H,6-7H2,1H3,(H,14,16)(H,17,18). The Kier molecular flexibility index (Phi) is 5.57. The molecule has 0 aliphatic heterocycles. The minimum Gasteiger partial charge on any atom is -0.480 e. The second-order valence-electron chi connectivity index (χ2n) is 4.06. The molecule has 0 aromatic heterocycles. The minimum absolute atomic E-state index is 0.0281. The van der Waals surface area contributed by atoms with Crippen LogP contribution in [0, 0.1) is 6.92 Å². The van der Waals surface area contributed by atoms with Gasteiger partial charge in [-0.1, -0.05) is 24.3 Å². The molecule has 0 saturated carbocycles. The van der Waals surface area contributed by atoms with E-state index in [-0.39, 0.29) is 18.0 Å². The molecule has 0 fully saturated rings. The summed E-state index contributed by atoms with van der Waals surface area (Å²) in [6.45, 7) is 1.78. The number of hydrogen-bond acceptors (Lipinski definition) is 4. The lowest BCUT2D eigenvalue weighted by Gasteiger charge is -2.11. The van der Waals surface area contributed by atoms with Gasteiger partial charge in [0.15, 0.2) is 5.78 Å². The first kappa shape index (κ1) is 15.2. The van der Waals surface area contributed by atoms with E-state index in [2.05, 4.69) is 17.9 Å². The summed E-state index contributed by atoms with van der Waals surface area (Å²) >= 11 is 3.83. The molecule has 19 heavy (non-hydrogen) atoms. The van der Waals surface area contributed by atoms with Gasteiger partial charge in [-0.05, 0) is 12.5 Å². The highest BCUT2D eigenvalue weighted by atomic mass is 32.1. The van der Waals surface area contributed by atoms with Crippen molar-refractivity contribution in [2.75, 3.05) is 5.75 Å². The number of Topliss-reactive ketones (excluding diaryl/α,β-unsaturated/α-hetero) is 1. The average molecular weight is 281 g/mol. The number of carboxylic acid groups (broad SMARTS) is 1. The maximum absolute atomic E-state index is 11.9. The van der Waals surface area contributed by atoms with Gasteiger partial charge >= 0.3 is 5.97 Å². The Hall–Kier alpha value is -1.82. The van der Waals surface area contributed by atoms with Crippen molar-refractivity contribution in [1.82, 2.24) is 5.32 Å². The van der Waals surface area contributed by atoms with Crippen LogP contribution in [0.15, 0.2) is 24.3 Å². The number of carboxylic acids is 1. The molecule has 0 aliphatic carbocycles. The van der Waals surface area contributed by atoms with E-state index in [1.54, 1.807) is 31.2 Å². The lowest BCUT2D eigenvalue weighted by molar-refractivity contribution is -0.141. The van der Waals surface area contributed by atoms with Gasteiger partial charge in [-0.3, -0.25) is 9.59 Å². The highest BCUT2D eigenvalue weighted by Crippen LogP contribution is 2.09. The highest BCUT2D eigenvalue weighted by Gasteiger charge is 2.20. The lowest BCUT2D eigenvalue weighted by atomic mass is 10.0. The predicted molar refractivity (Wildman–Crippen MR) is 73.5 cm³/mol. The number of hydrogen-bond donors (Lipinski definition) is 3. The number of benzene rings is 1. The first-order valence-electron chi connectivity index (χ1n) is 5.67. The molecular formula is C13H15NO4S. The third-order valence-electron chi connectivity index (χ3n) is 2.58. The molecule has 0 saturated heterocycles. The van der Waals surface area contributed by atoms with Gasteiger partial charge in [0.2, 0.25) is 5.91 Å². The van der Waals surface area contributed by atoms with E-state index in [1.807, 2.05) is 0 Å². The van der Waals surface area contributed by atoms with Gasteiger partial charge in [-0.15, -0.1) is 0 Å². The van der Waals surface area contributed by atoms with E-state index in [9.17, 15) is 14.4 Å². The van der Waals surface area contributed by atoms with Crippen molar-refractivity contribution in [3.05, 3.63) is 35.4 Å². The zero-order valence-corrected chi connectivity index (χ0v) is 11.3. The molecule has 0 spiro atoms. The summed E-state index contributed by atoms with van der Waals surface area (Å²) < 4.78 is 0. The van der Waals surface area contributed by atoms with Crippen LogP contribution in [-0.4, -0.2) is 34.6 Å². The molecule has 1 rings (SSSR count). The van der Waals surface area contributed by atoms with Crippen molar-refractivity contribution in [3.8, 4) is 0 Å². The third-order valence-corrected chi connectivity index (χ3v) is 2.95. The Labute approximate surface area is 116 Å². The topological polar surface area (TPSA) is 83.5 Å². The number of nitrogens with one attached hydrogen (secondary N) is 1. The maximum Gasteiger partial charge on any atom is 0.327 e. The molecule has 1 unspecified atom stereocenters. The summed E-state index contributed by atoms with van der Waals surface area (Å²) in [5.74, 6) is -2.15. The molecule has 0 aliphatic rings. The molecule has 102 valence electrons. The number of ketones is 1. The molecule has 1 aromatic rings. The quantitative estimate of drug-likeness (QED) is 0.414. The van der Waals surface area contributed by atoms with Gasteiger partial charge in [0.25, 0.3) is 0 Å². The van der Waals surface area contributed by atoms with E-state index in [4.69, 9.17) is 5.11 Å². The van der Waals surface area contributed by atoms with E-state index in [0.717, 1.165) is 5.56 Å². The van der Waals surface area contributed by atoms with Crippen LogP contribution in [0.25, 0.3) is 0 Å². The number of carbonyl (C=O) groups excluding carboxylic acids is 2. The van der Waals surface area contributed by atoms with Crippen LogP contribution < -0.4 is 5.32 Å². The molecule has 1 aromatic carbocycles. The van der Waals surface area contributed by atoms with Crippen LogP contribution in [0.5, 0.6) is 0 Å². The number of carbonyl (C=O) groups is 3. The van der Waals surface area contributed by atoms with Gasteiger partial charge in [-0.25, -0.2) is 4.79 Å². The number of aliphatic carboxylic acids is 1. The fraction of sp³-hybridized carbons (Fsp3) is 0.308. The van der Waals surface area contributed by atoms with Gasteiger partial charge in [0.1, 0.15) is 6.04 Å². The average Bonchev–Trinajstić information content (AvgIpc) is 2.35. The van der Waals surface area contributed by atoms with Gasteiger partial charge in [-0.2, -0.15) is 12.6 Å². The monoisotopic (exact) mass is 281 g/mol. The number of amides is 1. The molecule has 6 heteroatoms. The van der Waals surface area contributed by atoms with Crippen molar-refractivity contribution >= 4 is 30.3 Å². The minimum atomic E-state index is -1.17. The normalized spacial score (nSPS) is 11.7. The van der Waals surface area contributed by atoms with Crippen LogP contribution in [0.4, 0.5) is 0 Å². The fourth-order valence-electron chi connectivity index (χ4n) is 1.56. The second kappa shape index (κ2) is 6.94. The summed E-state index contributed by atoms with van der Waals surface area (Å²) in [7, 11) is 0. The van der Waals surface area contributed by atoms with Crippen molar-refractivity contribution in [3.63, 3.8) is 0 Å². The molecule has 5 nitrogen and oxygen atoms in total. The molecule has 2 N–H and O–H groups in total. The third kappa shape index (κ3) is 4.40. The van der Waals surface area contributed by atoms with E-state index >= 15 is 0 Å². The largest absolute Gasteiger partial charge is 0.480 e. The molecule has 0 bridgehead atoms. The number of rotatable bonds is 6. The Morgan fingerprint density at radius 1 is 1.32 bits per heavy atom. The van der Waals surface area contributed by atoms with Gasteiger partial charge < -0.3 is 10.4 Å². The first-order valence-corrected chi connectivity index (χ1v) is 6.30. The number of aryl methyl sites for hydroxylation is 1. The second-order valence-corrected chi connectivity index (χ2v) is 4.42. The maximum atomic E-state index is 11.9. The summed E-state index contributed by atoms with van der Waals surface area (Å²) in [6, 6.07) is 5.84. The van der Waals surface area contributed by atoms with Crippen LogP contribution in [0.3, 0.4) is 0 Å². The molecule has 1 atom stereocenters. The first-order chi connectivity index (χ1) is 8.95. The summed E-state index contributed by atoms with van der Waals surface area (Å²) in [5.41, 5.74) is 1.25. The van der Waals surface area contributed by atoms with Crippen LogP contribution in [0.1, 0.15) is 22.3 Å². The van der Waals surface area contributed by atoms with Crippen LogP contribution in [-0.2, 0) is 9.59 Å². The summed E-state index contributed by atoms with van der Waals surface area (Å²) in [4.78, 5) is 34.2. The zero-order valence-electron chi connectivity index (χ0n) is 10.4.